The van der Waals surface area contributed by atoms with Crippen molar-refractivity contribution in [3.8, 4) is 5.75 Å². The fourth-order valence-corrected chi connectivity index (χ4v) is 6.78. The number of allylic oxidation sites excluding steroid dienone is 2. The molecule has 2 aromatic carbocycles. The van der Waals surface area contributed by atoms with E-state index in [0.717, 1.165) is 114 Å². The van der Waals surface area contributed by atoms with Crippen LogP contribution in [0.25, 0.3) is 5.57 Å². The number of nitrogens with zero attached hydrogens (tertiary/aromatic N) is 4. The summed E-state index contributed by atoms with van der Waals surface area (Å²) in [5.41, 5.74) is 11.5. The van der Waals surface area contributed by atoms with Gasteiger partial charge < -0.3 is 34.5 Å². The van der Waals surface area contributed by atoms with Crippen LogP contribution in [-0.2, 0) is 30.7 Å². The number of para-hydroxylation sites is 1. The van der Waals surface area contributed by atoms with Gasteiger partial charge in [-0.2, -0.15) is 0 Å². The van der Waals surface area contributed by atoms with Crippen molar-refractivity contribution in [1.29, 1.82) is 0 Å². The van der Waals surface area contributed by atoms with Gasteiger partial charge in [-0.25, -0.2) is 0 Å². The number of rotatable bonds is 12. The van der Waals surface area contributed by atoms with Gasteiger partial charge in [0.25, 0.3) is 5.91 Å². The summed E-state index contributed by atoms with van der Waals surface area (Å²) in [7, 11) is 5.57. The molecule has 1 fully saturated rings. The molecule has 0 radical (unpaired) electrons. The van der Waals surface area contributed by atoms with E-state index in [-0.39, 0.29) is 5.91 Å². The molecule has 2 aliphatic rings. The van der Waals surface area contributed by atoms with Crippen LogP contribution in [0.3, 0.4) is 0 Å². The number of aryl methyl sites for hydroxylation is 2. The Labute approximate surface area is 274 Å². The molecule has 0 atom stereocenters. The van der Waals surface area contributed by atoms with Crippen LogP contribution >= 0.6 is 0 Å². The van der Waals surface area contributed by atoms with E-state index in [1.165, 1.54) is 5.69 Å². The second kappa shape index (κ2) is 15.0. The summed E-state index contributed by atoms with van der Waals surface area (Å²) in [6, 6.07) is 12.6. The molecule has 246 valence electrons. The Morgan fingerprint density at radius 2 is 1.72 bits per heavy atom. The predicted octanol–water partition coefficient (Wildman–Crippen LogP) is 6.40. The highest BCUT2D eigenvalue weighted by Crippen LogP contribution is 2.37. The van der Waals surface area contributed by atoms with Gasteiger partial charge in [0.05, 0.1) is 24.1 Å². The lowest BCUT2D eigenvalue weighted by atomic mass is 9.89. The number of ether oxygens (including phenoxy) is 2. The number of aromatic nitrogens is 1. The largest absolute Gasteiger partial charge is 0.495 e. The Bertz CT molecular complexity index is 1590. The van der Waals surface area contributed by atoms with E-state index in [0.29, 0.717) is 13.4 Å². The first-order chi connectivity index (χ1) is 22.3. The summed E-state index contributed by atoms with van der Waals surface area (Å²) < 4.78 is 13.5. The monoisotopic (exact) mass is 626 g/mol. The topological polar surface area (TPSA) is 83.4 Å². The van der Waals surface area contributed by atoms with Crippen molar-refractivity contribution in [2.45, 2.75) is 60.1 Å². The number of carbonyl (C=O) groups excluding carboxylic acids is 1. The minimum atomic E-state index is -0.0547. The molecule has 1 amide bonds. The van der Waals surface area contributed by atoms with Gasteiger partial charge in [0.1, 0.15) is 19.1 Å². The molecule has 2 heterocycles. The number of piperazine rings is 1. The van der Waals surface area contributed by atoms with Crippen LogP contribution in [0.4, 0.5) is 17.1 Å². The number of carbonyl (C=O) groups is 1. The van der Waals surface area contributed by atoms with E-state index in [2.05, 4.69) is 89.2 Å². The number of hydrogen-bond donors (Lipinski definition) is 2. The molecule has 46 heavy (non-hydrogen) atoms. The molecule has 9 nitrogen and oxygen atoms in total. The van der Waals surface area contributed by atoms with Crippen LogP contribution in [0.2, 0.25) is 0 Å². The Kier molecular flexibility index (Phi) is 10.9. The van der Waals surface area contributed by atoms with Crippen LogP contribution < -0.4 is 20.3 Å². The molecule has 0 spiro atoms. The van der Waals surface area contributed by atoms with Crippen LogP contribution in [0.5, 0.6) is 5.75 Å². The Morgan fingerprint density at radius 1 is 1.00 bits per heavy atom. The Morgan fingerprint density at radius 3 is 2.37 bits per heavy atom. The second-order valence-electron chi connectivity index (χ2n) is 12.2. The van der Waals surface area contributed by atoms with Gasteiger partial charge in [-0.05, 0) is 86.5 Å². The molecule has 5 rings (SSSR count). The molecule has 3 aromatic rings. The van der Waals surface area contributed by atoms with E-state index in [9.17, 15) is 4.79 Å². The van der Waals surface area contributed by atoms with Gasteiger partial charge in [-0.15, -0.1) is 0 Å². The number of anilines is 3. The maximum absolute atomic E-state index is 13.9. The first-order valence-electron chi connectivity index (χ1n) is 16.5. The molecular weight excluding hydrogens is 576 g/mol. The lowest BCUT2D eigenvalue weighted by Gasteiger charge is -2.34. The van der Waals surface area contributed by atoms with E-state index in [4.69, 9.17) is 14.5 Å². The summed E-state index contributed by atoms with van der Waals surface area (Å²) in [6.07, 6.45) is 5.27. The highest BCUT2D eigenvalue weighted by Gasteiger charge is 2.29. The molecule has 0 saturated carbocycles. The number of methoxy groups -OCH3 is 2. The number of benzene rings is 2. The van der Waals surface area contributed by atoms with Crippen molar-refractivity contribution in [3.63, 3.8) is 0 Å². The fourth-order valence-electron chi connectivity index (χ4n) is 6.78. The SMILES string of the molecule is CCc1cccc(CC)c1NC(=O)c1c2c(n(COC)c1C)C(C)=C(C=NCNc1ccc(N3CCN(C)CC3)cc1OC)CC2. The van der Waals surface area contributed by atoms with Gasteiger partial charge in [0.2, 0.25) is 0 Å². The number of nitrogens with one attached hydrogen (secondary N) is 2. The quantitative estimate of drug-likeness (QED) is 0.227. The lowest BCUT2D eigenvalue weighted by molar-refractivity contribution is 0.102. The summed E-state index contributed by atoms with van der Waals surface area (Å²) in [6.45, 7) is 13.3. The second-order valence-corrected chi connectivity index (χ2v) is 12.2. The Hall–Kier alpha value is -4.08. The normalized spacial score (nSPS) is 15.4. The van der Waals surface area contributed by atoms with Crippen molar-refractivity contribution >= 4 is 34.8 Å². The van der Waals surface area contributed by atoms with Crippen molar-refractivity contribution in [2.75, 3.05) is 69.6 Å². The maximum Gasteiger partial charge on any atom is 0.257 e. The number of amides is 1. The first kappa shape index (κ1) is 33.3. The fraction of sp³-hybridized carbons (Fsp3) is 0.459. The highest BCUT2D eigenvalue weighted by atomic mass is 16.5. The molecule has 1 saturated heterocycles. The third kappa shape index (κ3) is 6.86. The smallest absolute Gasteiger partial charge is 0.257 e. The average molecular weight is 627 g/mol. The molecule has 9 heteroatoms. The summed E-state index contributed by atoms with van der Waals surface area (Å²) in [4.78, 5) is 23.5. The van der Waals surface area contributed by atoms with E-state index in [1.54, 1.807) is 14.2 Å². The van der Waals surface area contributed by atoms with Crippen molar-refractivity contribution in [2.24, 2.45) is 4.99 Å². The maximum atomic E-state index is 13.9. The minimum absolute atomic E-state index is 0.0547. The molecule has 1 aliphatic heterocycles. The number of likely N-dealkylation sites (N-methyl/N-ethyl adjacent to an activating group) is 1. The standard InChI is InChI=1S/C37H50N6O3/c1-8-27-11-10-12-28(9-2)35(27)40-37(44)34-26(4)43(24-45-6)36-25(3)29(13-15-31(34)36)22-38-23-39-32-16-14-30(21-33(32)46-7)42-19-17-41(5)18-20-42/h10-12,14,16,21-22,39H,8-9,13,15,17-20,23-24H2,1-7H3,(H,40,44). The molecule has 0 unspecified atom stereocenters. The molecule has 1 aromatic heterocycles. The molecule has 2 N–H and O–H groups in total. The number of fused-ring (bicyclic) bond motifs is 1. The zero-order valence-corrected chi connectivity index (χ0v) is 28.6. The van der Waals surface area contributed by atoms with E-state index >= 15 is 0 Å². The highest BCUT2D eigenvalue weighted by molar-refractivity contribution is 6.08. The van der Waals surface area contributed by atoms with Gasteiger partial charge in [-0.3, -0.25) is 9.79 Å². The van der Waals surface area contributed by atoms with Gasteiger partial charge in [0, 0.05) is 62.6 Å². The lowest BCUT2D eigenvalue weighted by Crippen LogP contribution is -2.44. The Balaban J connectivity index is 1.34. The van der Waals surface area contributed by atoms with E-state index < -0.39 is 0 Å². The molecular formula is C37H50N6O3. The van der Waals surface area contributed by atoms with E-state index in [1.807, 2.05) is 13.1 Å². The summed E-state index contributed by atoms with van der Waals surface area (Å²) >= 11 is 0. The number of aliphatic imine (C=N–C) groups is 1. The zero-order chi connectivity index (χ0) is 32.8. The molecule has 0 bridgehead atoms. The zero-order valence-electron chi connectivity index (χ0n) is 28.6. The van der Waals surface area contributed by atoms with Gasteiger partial charge >= 0.3 is 0 Å². The van der Waals surface area contributed by atoms with Crippen LogP contribution in [-0.4, -0.2) is 75.7 Å². The average Bonchev–Trinajstić information content (AvgIpc) is 3.35. The minimum Gasteiger partial charge on any atom is -0.495 e. The number of hydrogen-bond acceptors (Lipinski definition) is 7. The van der Waals surface area contributed by atoms with Crippen LogP contribution in [0.1, 0.15) is 65.6 Å². The van der Waals surface area contributed by atoms with Gasteiger partial charge in [-0.1, -0.05) is 32.0 Å². The molecule has 1 aliphatic carbocycles. The third-order valence-electron chi connectivity index (χ3n) is 9.49. The van der Waals surface area contributed by atoms with Gasteiger partial charge in [0.15, 0.2) is 0 Å². The van der Waals surface area contributed by atoms with Crippen LogP contribution in [0, 0.1) is 6.92 Å². The first-order valence-corrected chi connectivity index (χ1v) is 16.5. The van der Waals surface area contributed by atoms with Crippen LogP contribution in [0.15, 0.2) is 47.0 Å². The summed E-state index contributed by atoms with van der Waals surface area (Å²) in [5.74, 6) is 0.761. The third-order valence-corrected chi connectivity index (χ3v) is 9.49. The predicted molar refractivity (Wildman–Crippen MR) is 190 cm³/mol. The van der Waals surface area contributed by atoms with Crippen molar-refractivity contribution in [1.82, 2.24) is 9.47 Å². The summed E-state index contributed by atoms with van der Waals surface area (Å²) in [5, 5.41) is 6.73. The van der Waals surface area contributed by atoms with Crippen molar-refractivity contribution in [3.05, 3.63) is 75.6 Å². The van der Waals surface area contributed by atoms with Crippen molar-refractivity contribution < 1.29 is 14.3 Å².